The van der Waals surface area contributed by atoms with Crippen molar-refractivity contribution < 1.29 is 38.1 Å². The van der Waals surface area contributed by atoms with E-state index >= 15 is 0 Å². The number of hydrogen-bond donors (Lipinski definition) is 0. The van der Waals surface area contributed by atoms with Gasteiger partial charge in [-0.2, -0.15) is 0 Å². The number of hydrogen-bond acceptors (Lipinski definition) is 8. The van der Waals surface area contributed by atoms with E-state index in [1.165, 1.54) is 11.0 Å². The van der Waals surface area contributed by atoms with E-state index in [0.717, 1.165) is 0 Å². The first-order valence-corrected chi connectivity index (χ1v) is 10.6. The summed E-state index contributed by atoms with van der Waals surface area (Å²) in [5, 5.41) is 0. The van der Waals surface area contributed by atoms with E-state index < -0.39 is 17.8 Å². The van der Waals surface area contributed by atoms with Gasteiger partial charge in [0.05, 0.1) is 18.7 Å². The third-order valence-electron chi connectivity index (χ3n) is 4.73. The smallest absolute Gasteiger partial charge is 0.326 e. The highest BCUT2D eigenvalue weighted by Gasteiger charge is 2.29. The summed E-state index contributed by atoms with van der Waals surface area (Å²) >= 11 is 0. The fourth-order valence-corrected chi connectivity index (χ4v) is 3.15. The third-order valence-corrected chi connectivity index (χ3v) is 4.73. The van der Waals surface area contributed by atoms with E-state index in [1.807, 2.05) is 18.2 Å². The summed E-state index contributed by atoms with van der Waals surface area (Å²) < 4.78 is 20.9. The number of fused-ring (bicyclic) bond motifs is 1. The lowest BCUT2D eigenvalue weighted by Gasteiger charge is -2.29. The van der Waals surface area contributed by atoms with Gasteiger partial charge in [0.2, 0.25) is 0 Å². The van der Waals surface area contributed by atoms with Gasteiger partial charge in [0.15, 0.2) is 12.4 Å². The minimum absolute atomic E-state index is 0.0193. The monoisotopic (exact) mass is 455 g/mol. The SMILES string of the molecule is CCOC(=O)CCC(=O)c1ccc2c(c1)N(CC(=O)OCCOc1ccccc1)C(=O)CO2. The normalized spacial score (nSPS) is 12.4. The second kappa shape index (κ2) is 11.7. The van der Waals surface area contributed by atoms with Crippen molar-refractivity contribution >= 4 is 29.3 Å². The van der Waals surface area contributed by atoms with Crippen molar-refractivity contribution in [3.63, 3.8) is 0 Å². The first kappa shape index (κ1) is 23.8. The van der Waals surface area contributed by atoms with Crippen molar-refractivity contribution in [2.75, 3.05) is 37.9 Å². The molecule has 2 aromatic rings. The number of ketones is 1. The number of para-hydroxylation sites is 1. The van der Waals surface area contributed by atoms with Gasteiger partial charge in [-0.3, -0.25) is 24.1 Å². The standard InChI is InChI=1S/C24H25NO8/c1-2-30-23(28)11-9-20(26)17-8-10-21-19(14-17)25(22(27)16-33-21)15-24(29)32-13-12-31-18-6-4-3-5-7-18/h3-8,10,14H,2,9,11-13,15-16H2,1H3. The molecule has 0 aliphatic carbocycles. The minimum Gasteiger partial charge on any atom is -0.490 e. The number of nitrogens with zero attached hydrogens (tertiary/aromatic N) is 1. The Morgan fingerprint density at radius 1 is 0.970 bits per heavy atom. The highest BCUT2D eigenvalue weighted by molar-refractivity contribution is 6.04. The summed E-state index contributed by atoms with van der Waals surface area (Å²) in [6.07, 6.45) is -0.0733. The summed E-state index contributed by atoms with van der Waals surface area (Å²) in [4.78, 5) is 49.9. The molecule has 1 aliphatic rings. The molecule has 9 nitrogen and oxygen atoms in total. The molecule has 0 unspecified atom stereocenters. The molecule has 0 fully saturated rings. The van der Waals surface area contributed by atoms with Crippen LogP contribution < -0.4 is 14.4 Å². The van der Waals surface area contributed by atoms with Crippen LogP contribution in [0.15, 0.2) is 48.5 Å². The maximum absolute atomic E-state index is 12.5. The number of rotatable bonds is 11. The van der Waals surface area contributed by atoms with Crippen molar-refractivity contribution in [2.24, 2.45) is 0 Å². The summed E-state index contributed by atoms with van der Waals surface area (Å²) in [7, 11) is 0. The van der Waals surface area contributed by atoms with E-state index in [0.29, 0.717) is 22.7 Å². The summed E-state index contributed by atoms with van der Waals surface area (Å²) in [6, 6.07) is 13.7. The topological polar surface area (TPSA) is 108 Å². The van der Waals surface area contributed by atoms with Crippen LogP contribution in [0.2, 0.25) is 0 Å². The van der Waals surface area contributed by atoms with Crippen LogP contribution >= 0.6 is 0 Å². The quantitative estimate of drug-likeness (QED) is 0.289. The van der Waals surface area contributed by atoms with Crippen molar-refractivity contribution in [2.45, 2.75) is 19.8 Å². The maximum atomic E-state index is 12.5. The Kier molecular flexibility index (Phi) is 8.40. The molecule has 0 saturated carbocycles. The van der Waals surface area contributed by atoms with Crippen LogP contribution in [0.1, 0.15) is 30.1 Å². The highest BCUT2D eigenvalue weighted by atomic mass is 16.6. The lowest BCUT2D eigenvalue weighted by Crippen LogP contribution is -2.42. The lowest BCUT2D eigenvalue weighted by atomic mass is 10.0. The zero-order valence-electron chi connectivity index (χ0n) is 18.3. The number of anilines is 1. The van der Waals surface area contributed by atoms with Crippen LogP contribution in [0.4, 0.5) is 5.69 Å². The number of carbonyl (C=O) groups is 4. The predicted molar refractivity (Wildman–Crippen MR) is 117 cm³/mol. The Labute approximate surface area is 191 Å². The Balaban J connectivity index is 1.58. The molecule has 1 amide bonds. The van der Waals surface area contributed by atoms with E-state index in [-0.39, 0.29) is 51.6 Å². The molecule has 2 aromatic carbocycles. The number of esters is 2. The van der Waals surface area contributed by atoms with Crippen LogP contribution in [-0.2, 0) is 23.9 Å². The van der Waals surface area contributed by atoms with Gasteiger partial charge in [-0.1, -0.05) is 18.2 Å². The van der Waals surface area contributed by atoms with E-state index in [2.05, 4.69) is 0 Å². The Morgan fingerprint density at radius 2 is 1.76 bits per heavy atom. The van der Waals surface area contributed by atoms with Crippen LogP contribution in [-0.4, -0.2) is 56.6 Å². The van der Waals surface area contributed by atoms with Gasteiger partial charge in [-0.05, 0) is 37.3 Å². The first-order valence-electron chi connectivity index (χ1n) is 10.6. The van der Waals surface area contributed by atoms with Crippen LogP contribution in [0, 0.1) is 0 Å². The Hall–Kier alpha value is -3.88. The average molecular weight is 455 g/mol. The lowest BCUT2D eigenvalue weighted by molar-refractivity contribution is -0.144. The summed E-state index contributed by atoms with van der Waals surface area (Å²) in [5.41, 5.74) is 0.594. The molecular formula is C24H25NO8. The fourth-order valence-electron chi connectivity index (χ4n) is 3.15. The van der Waals surface area contributed by atoms with Crippen molar-refractivity contribution in [1.29, 1.82) is 0 Å². The van der Waals surface area contributed by atoms with Gasteiger partial charge in [0, 0.05) is 12.0 Å². The predicted octanol–water partition coefficient (Wildman–Crippen LogP) is 2.56. The summed E-state index contributed by atoms with van der Waals surface area (Å²) in [6.45, 7) is 1.56. The molecule has 33 heavy (non-hydrogen) atoms. The molecule has 0 atom stereocenters. The van der Waals surface area contributed by atoms with Crippen LogP contribution in [0.5, 0.6) is 11.5 Å². The zero-order valence-corrected chi connectivity index (χ0v) is 18.3. The fraction of sp³-hybridized carbons (Fsp3) is 0.333. The Bertz CT molecular complexity index is 1000. The van der Waals surface area contributed by atoms with Gasteiger partial charge < -0.3 is 18.9 Å². The van der Waals surface area contributed by atoms with Crippen LogP contribution in [0.25, 0.3) is 0 Å². The van der Waals surface area contributed by atoms with E-state index in [9.17, 15) is 19.2 Å². The third kappa shape index (κ3) is 6.80. The largest absolute Gasteiger partial charge is 0.490 e. The molecule has 0 saturated heterocycles. The molecule has 0 bridgehead atoms. The van der Waals surface area contributed by atoms with Crippen molar-refractivity contribution in [3.8, 4) is 11.5 Å². The molecule has 0 radical (unpaired) electrons. The van der Waals surface area contributed by atoms with Crippen molar-refractivity contribution in [3.05, 3.63) is 54.1 Å². The number of carbonyl (C=O) groups excluding carboxylic acids is 4. The molecule has 174 valence electrons. The molecule has 3 rings (SSSR count). The molecule has 0 N–H and O–H groups in total. The van der Waals surface area contributed by atoms with Gasteiger partial charge in [-0.15, -0.1) is 0 Å². The minimum atomic E-state index is -0.619. The van der Waals surface area contributed by atoms with Crippen LogP contribution in [0.3, 0.4) is 0 Å². The van der Waals surface area contributed by atoms with Gasteiger partial charge in [0.25, 0.3) is 5.91 Å². The molecule has 0 aromatic heterocycles. The van der Waals surface area contributed by atoms with Gasteiger partial charge in [0.1, 0.15) is 31.3 Å². The zero-order chi connectivity index (χ0) is 23.6. The summed E-state index contributed by atoms with van der Waals surface area (Å²) in [5.74, 6) is -0.766. The van der Waals surface area contributed by atoms with Crippen molar-refractivity contribution in [1.82, 2.24) is 0 Å². The average Bonchev–Trinajstić information content (AvgIpc) is 2.82. The Morgan fingerprint density at radius 3 is 2.52 bits per heavy atom. The van der Waals surface area contributed by atoms with E-state index in [4.69, 9.17) is 18.9 Å². The second-order valence-electron chi connectivity index (χ2n) is 7.06. The first-order chi connectivity index (χ1) is 16.0. The number of Topliss-reactive ketones (excluding diaryl/α,β-unsaturated/α-hetero) is 1. The van der Waals surface area contributed by atoms with Gasteiger partial charge in [-0.25, -0.2) is 0 Å². The van der Waals surface area contributed by atoms with E-state index in [1.54, 1.807) is 31.2 Å². The number of benzene rings is 2. The van der Waals surface area contributed by atoms with Gasteiger partial charge >= 0.3 is 11.9 Å². The second-order valence-corrected chi connectivity index (χ2v) is 7.06. The number of ether oxygens (including phenoxy) is 4. The molecule has 9 heteroatoms. The molecular weight excluding hydrogens is 430 g/mol. The molecule has 1 heterocycles. The molecule has 0 spiro atoms. The highest BCUT2D eigenvalue weighted by Crippen LogP contribution is 2.33. The maximum Gasteiger partial charge on any atom is 0.326 e. The molecule has 1 aliphatic heterocycles. The number of amides is 1.